The molecule has 0 spiro atoms. The zero-order valence-corrected chi connectivity index (χ0v) is 24.9. The number of nitrogens with one attached hydrogen (secondary N) is 5. The van der Waals surface area contributed by atoms with Crippen molar-refractivity contribution < 1.29 is 41.3 Å². The summed E-state index contributed by atoms with van der Waals surface area (Å²) in [6.07, 6.45) is 5.46. The summed E-state index contributed by atoms with van der Waals surface area (Å²) in [5, 5.41) is 10.3. The molecule has 2 aromatic carbocycles. The summed E-state index contributed by atoms with van der Waals surface area (Å²) in [4.78, 5) is 57.8. The standard InChI is InChI=1S/C30H37N7O5.ClH/c1-17(38)34-26-16-19-10-12-23-21(15-19)20-14-18(9-11-22(20)35-23)6-3-4-7-25(29(41)42-2)37-27(39)24(36-28(26)40)8-5-13-33-30(31)32;/h3-4,9-12,14-15,24-26,35H,5-8,13,16H2,1-2H3,(H,34,38)(H,36,40)(H,37,39)(H4,31,32,33);1H/b4-3+;/t24-,25+,26?;/m1./s1. The van der Waals surface area contributed by atoms with Crippen LogP contribution in [0.3, 0.4) is 0 Å². The molecule has 0 radical (unpaired) electrons. The molecule has 230 valence electrons. The first-order chi connectivity index (χ1) is 20.1. The van der Waals surface area contributed by atoms with Crippen LogP contribution in [0.5, 0.6) is 0 Å². The van der Waals surface area contributed by atoms with Crippen LogP contribution in [0.15, 0.2) is 48.6 Å². The fraction of sp³-hybridized carbons (Fsp3) is 0.367. The van der Waals surface area contributed by atoms with Gasteiger partial charge in [-0.15, -0.1) is 0 Å². The number of aromatic nitrogens is 1. The number of rotatable bonds is 6. The molecule has 2 heterocycles. The van der Waals surface area contributed by atoms with E-state index >= 15 is 0 Å². The summed E-state index contributed by atoms with van der Waals surface area (Å²) in [6.45, 7) is 1.70. The van der Waals surface area contributed by atoms with Crippen molar-refractivity contribution in [1.82, 2.24) is 20.9 Å². The summed E-state index contributed by atoms with van der Waals surface area (Å²) in [7, 11) is 1.25. The lowest BCUT2D eigenvalue weighted by Crippen LogP contribution is -3.00. The Morgan fingerprint density at radius 2 is 1.67 bits per heavy atom. The molecule has 3 amide bonds. The van der Waals surface area contributed by atoms with Gasteiger partial charge in [-0.25, -0.2) is 4.79 Å². The van der Waals surface area contributed by atoms with Gasteiger partial charge in [-0.2, -0.15) is 0 Å². The maximum Gasteiger partial charge on any atom is 0.338 e. The quantitative estimate of drug-likeness (QED) is 0.0487. The minimum absolute atomic E-state index is 0. The normalized spacial score (nSPS) is 20.0. The Balaban J connectivity index is 0.00000506. The number of fused-ring (bicyclic) bond motifs is 2. The predicted octanol–water partition coefficient (Wildman–Crippen LogP) is -3.85. The monoisotopic (exact) mass is 611 g/mol. The summed E-state index contributed by atoms with van der Waals surface area (Å²) >= 11 is 0. The number of amides is 3. The number of benzene rings is 2. The van der Waals surface area contributed by atoms with E-state index in [1.54, 1.807) is 0 Å². The molecule has 12 nitrogen and oxygen atoms in total. The zero-order valence-electron chi connectivity index (χ0n) is 24.2. The van der Waals surface area contributed by atoms with Gasteiger partial charge < -0.3 is 38.1 Å². The lowest BCUT2D eigenvalue weighted by atomic mass is 10.0. The largest absolute Gasteiger partial charge is 1.00 e. The minimum atomic E-state index is -1.00. The third kappa shape index (κ3) is 8.71. The Morgan fingerprint density at radius 1 is 1.00 bits per heavy atom. The number of methoxy groups -OCH3 is 1. The molecule has 4 bridgehead atoms. The second-order valence-corrected chi connectivity index (χ2v) is 10.4. The van der Waals surface area contributed by atoms with Crippen molar-refractivity contribution in [2.24, 2.45) is 11.5 Å². The third-order valence-electron chi connectivity index (χ3n) is 7.19. The first-order valence-corrected chi connectivity index (χ1v) is 13.9. The molecule has 3 aromatic rings. The smallest absolute Gasteiger partial charge is 0.338 e. The lowest BCUT2D eigenvalue weighted by Gasteiger charge is -2.24. The Hall–Kier alpha value is -4.58. The molecule has 0 fully saturated rings. The molecular formula is C30H38ClN7O5. The maximum absolute atomic E-state index is 13.5. The fourth-order valence-corrected chi connectivity index (χ4v) is 5.10. The molecule has 4 rings (SSSR count). The third-order valence-corrected chi connectivity index (χ3v) is 7.19. The number of hydrogen-bond donors (Lipinski definition) is 7. The van der Waals surface area contributed by atoms with Gasteiger partial charge in [0.2, 0.25) is 17.7 Å². The van der Waals surface area contributed by atoms with Gasteiger partial charge in [0.05, 0.1) is 13.7 Å². The number of aromatic amines is 1. The Labute approximate surface area is 255 Å². The SMILES string of the molecule is COC(=O)[C@@H]1C/C=C/Cc2ccc3[nH]c4ccc(cc4c3c2)CC(NC(C)=O)C(=O)N[C@H](CCC[NH+]=C(N)N)C(=O)N1.[Cl-]. The Kier molecular flexibility index (Phi) is 11.5. The molecule has 0 aliphatic carbocycles. The van der Waals surface area contributed by atoms with E-state index in [1.807, 2.05) is 42.5 Å². The van der Waals surface area contributed by atoms with E-state index in [2.05, 4.69) is 32.0 Å². The van der Waals surface area contributed by atoms with Crippen molar-refractivity contribution in [3.8, 4) is 0 Å². The van der Waals surface area contributed by atoms with Crippen LogP contribution < -0.4 is 44.8 Å². The molecule has 1 aliphatic rings. The van der Waals surface area contributed by atoms with E-state index in [9.17, 15) is 19.2 Å². The molecule has 3 atom stereocenters. The highest BCUT2D eigenvalue weighted by Crippen LogP contribution is 2.28. The lowest BCUT2D eigenvalue weighted by molar-refractivity contribution is -0.459. The van der Waals surface area contributed by atoms with Crippen molar-refractivity contribution in [3.63, 3.8) is 0 Å². The highest BCUT2D eigenvalue weighted by molar-refractivity contribution is 6.07. The van der Waals surface area contributed by atoms with Gasteiger partial charge in [-0.1, -0.05) is 24.3 Å². The van der Waals surface area contributed by atoms with Gasteiger partial charge in [0, 0.05) is 35.2 Å². The van der Waals surface area contributed by atoms with Crippen molar-refractivity contribution in [1.29, 1.82) is 0 Å². The number of H-pyrrole nitrogens is 1. The van der Waals surface area contributed by atoms with Crippen LogP contribution in [-0.4, -0.2) is 66.4 Å². The molecule has 0 saturated carbocycles. The zero-order chi connectivity index (χ0) is 30.2. The number of carbonyl (C=O) groups is 4. The minimum Gasteiger partial charge on any atom is -1.00 e. The van der Waals surface area contributed by atoms with Gasteiger partial charge in [0.25, 0.3) is 0 Å². The Morgan fingerprint density at radius 3 is 2.33 bits per heavy atom. The fourth-order valence-electron chi connectivity index (χ4n) is 5.10. The topological polar surface area (TPSA) is 195 Å². The van der Waals surface area contributed by atoms with Crippen LogP contribution in [0.25, 0.3) is 21.8 Å². The number of guanidine groups is 1. The number of halogens is 1. The number of esters is 1. The average Bonchev–Trinajstić information content (AvgIpc) is 3.31. The number of allylic oxidation sites excluding steroid dienone is 1. The highest BCUT2D eigenvalue weighted by atomic mass is 35.5. The van der Waals surface area contributed by atoms with Gasteiger partial charge in [-0.05, 0) is 61.1 Å². The van der Waals surface area contributed by atoms with Crippen LogP contribution in [0.4, 0.5) is 0 Å². The van der Waals surface area contributed by atoms with Crippen molar-refractivity contribution in [2.45, 2.75) is 57.2 Å². The van der Waals surface area contributed by atoms with Crippen LogP contribution >= 0.6 is 0 Å². The van der Waals surface area contributed by atoms with Crippen LogP contribution in [-0.2, 0) is 36.8 Å². The second kappa shape index (κ2) is 15.1. The van der Waals surface area contributed by atoms with Gasteiger partial charge >= 0.3 is 11.9 Å². The van der Waals surface area contributed by atoms with Crippen molar-refractivity contribution >= 4 is 51.5 Å². The van der Waals surface area contributed by atoms with Gasteiger partial charge in [0.15, 0.2) is 0 Å². The van der Waals surface area contributed by atoms with E-state index in [4.69, 9.17) is 16.2 Å². The second-order valence-electron chi connectivity index (χ2n) is 10.4. The summed E-state index contributed by atoms with van der Waals surface area (Å²) in [5.74, 6) is -2.03. The predicted molar refractivity (Wildman–Crippen MR) is 159 cm³/mol. The summed E-state index contributed by atoms with van der Waals surface area (Å²) < 4.78 is 4.92. The molecule has 43 heavy (non-hydrogen) atoms. The molecule has 0 saturated heterocycles. The van der Waals surface area contributed by atoms with E-state index in [0.717, 1.165) is 32.9 Å². The van der Waals surface area contributed by atoms with Crippen LogP contribution in [0.2, 0.25) is 0 Å². The highest BCUT2D eigenvalue weighted by Gasteiger charge is 2.29. The van der Waals surface area contributed by atoms with Crippen molar-refractivity contribution in [2.75, 3.05) is 13.7 Å². The van der Waals surface area contributed by atoms with E-state index in [0.29, 0.717) is 19.4 Å². The molecule has 1 unspecified atom stereocenters. The van der Waals surface area contributed by atoms with E-state index in [1.165, 1.54) is 14.0 Å². The number of hydrogen-bond acceptors (Lipinski definition) is 5. The molecule has 13 heteroatoms. The number of ether oxygens (including phenoxy) is 1. The summed E-state index contributed by atoms with van der Waals surface area (Å²) in [5.41, 5.74) is 14.8. The molecule has 1 aromatic heterocycles. The first kappa shape index (κ1) is 32.9. The van der Waals surface area contributed by atoms with E-state index < -0.39 is 35.9 Å². The van der Waals surface area contributed by atoms with Crippen LogP contribution in [0.1, 0.15) is 37.3 Å². The first-order valence-electron chi connectivity index (χ1n) is 13.9. The summed E-state index contributed by atoms with van der Waals surface area (Å²) in [6, 6.07) is 9.15. The Bertz CT molecular complexity index is 1550. The van der Waals surface area contributed by atoms with E-state index in [-0.39, 0.29) is 43.5 Å². The van der Waals surface area contributed by atoms with Gasteiger partial charge in [0.1, 0.15) is 18.1 Å². The molecular weight excluding hydrogens is 574 g/mol. The van der Waals surface area contributed by atoms with Gasteiger partial charge in [-0.3, -0.25) is 30.8 Å². The molecule has 9 N–H and O–H groups in total. The molecule has 1 aliphatic heterocycles. The van der Waals surface area contributed by atoms with Crippen LogP contribution in [0, 0.1) is 0 Å². The maximum atomic E-state index is 13.5. The number of carbonyl (C=O) groups excluding carboxylic acids is 4. The number of nitrogens with two attached hydrogens (primary N) is 2. The average molecular weight is 612 g/mol. The van der Waals surface area contributed by atoms with Crippen molar-refractivity contribution in [3.05, 3.63) is 59.7 Å².